The number of halogens is 1. The molecule has 0 saturated carbocycles. The first-order chi connectivity index (χ1) is 7.97. The number of hydrogen-bond acceptors (Lipinski definition) is 4. The van der Waals surface area contributed by atoms with Crippen molar-refractivity contribution >= 4 is 27.7 Å². The fraction of sp³-hybridized carbons (Fsp3) is 0.500. The number of nitrogens with zero attached hydrogens (tertiary/aromatic N) is 2. The molecule has 0 spiro atoms. The maximum atomic E-state index is 11.4. The van der Waals surface area contributed by atoms with Gasteiger partial charge in [0.1, 0.15) is 10.3 Å². The van der Waals surface area contributed by atoms with Crippen LogP contribution in [0.5, 0.6) is 0 Å². The molecule has 1 aromatic rings. The predicted molar refractivity (Wildman–Crippen MR) is 69.1 cm³/mol. The number of hydrogen-bond donors (Lipinski definition) is 2. The number of H-pyrrole nitrogens is 1. The number of carbonyl (C=O) groups is 1. The van der Waals surface area contributed by atoms with E-state index in [4.69, 9.17) is 0 Å². The summed E-state index contributed by atoms with van der Waals surface area (Å²) in [4.78, 5) is 31.1. The lowest BCUT2D eigenvalue weighted by atomic mass is 10.1. The van der Waals surface area contributed by atoms with Crippen LogP contribution in [-0.4, -0.2) is 36.5 Å². The molecule has 0 aliphatic carbocycles. The van der Waals surface area contributed by atoms with Gasteiger partial charge in [-0.05, 0) is 15.9 Å². The van der Waals surface area contributed by atoms with Crippen LogP contribution in [0.3, 0.4) is 0 Å². The number of aromatic amines is 1. The molecule has 0 aliphatic rings. The first kappa shape index (κ1) is 13.7. The minimum Gasteiger partial charge on any atom is -0.359 e. The van der Waals surface area contributed by atoms with E-state index in [1.165, 1.54) is 6.33 Å². The van der Waals surface area contributed by atoms with Crippen molar-refractivity contribution in [2.45, 2.75) is 6.92 Å². The molecule has 1 heterocycles. The van der Waals surface area contributed by atoms with Crippen LogP contribution in [0.25, 0.3) is 0 Å². The highest BCUT2D eigenvalue weighted by molar-refractivity contribution is 9.10. The van der Waals surface area contributed by atoms with Gasteiger partial charge in [0, 0.05) is 20.6 Å². The summed E-state index contributed by atoms with van der Waals surface area (Å²) >= 11 is 3.18. The summed E-state index contributed by atoms with van der Waals surface area (Å²) in [5.74, 6) is 0.292. The van der Waals surface area contributed by atoms with Gasteiger partial charge in [0.05, 0.1) is 12.2 Å². The monoisotopic (exact) mass is 302 g/mol. The number of anilines is 1. The zero-order valence-electron chi connectivity index (χ0n) is 9.95. The van der Waals surface area contributed by atoms with Gasteiger partial charge in [-0.25, -0.2) is 4.98 Å². The molecule has 94 valence electrons. The molecular formula is C10H15BrN4O2. The quantitative estimate of drug-likeness (QED) is 0.841. The molecule has 1 atom stereocenters. The number of carbonyl (C=O) groups excluding carboxylic acids is 1. The van der Waals surface area contributed by atoms with Gasteiger partial charge in [0.15, 0.2) is 0 Å². The average Bonchev–Trinajstić information content (AvgIpc) is 2.31. The van der Waals surface area contributed by atoms with E-state index in [9.17, 15) is 9.59 Å². The molecule has 1 rings (SSSR count). The number of amides is 1. The van der Waals surface area contributed by atoms with Gasteiger partial charge >= 0.3 is 0 Å². The second kappa shape index (κ2) is 5.81. The van der Waals surface area contributed by atoms with Gasteiger partial charge < -0.3 is 15.2 Å². The number of rotatable bonds is 4. The van der Waals surface area contributed by atoms with Crippen molar-refractivity contribution in [1.29, 1.82) is 0 Å². The standard InChI is InChI=1S/C10H15BrN4O2/c1-6(9(16)12-2)4-15(3)8-7(11)10(17)14-5-13-8/h5-6H,4H2,1-3H3,(H,12,16)(H,13,14,17). The Morgan fingerprint density at radius 1 is 1.71 bits per heavy atom. The first-order valence-corrected chi connectivity index (χ1v) is 5.92. The normalized spacial score (nSPS) is 12.0. The predicted octanol–water partition coefficient (Wildman–Crippen LogP) is 0.351. The molecule has 7 heteroatoms. The second-order valence-corrected chi connectivity index (χ2v) is 4.56. The summed E-state index contributed by atoms with van der Waals surface area (Å²) in [5.41, 5.74) is -0.241. The molecule has 0 bridgehead atoms. The van der Waals surface area contributed by atoms with Crippen molar-refractivity contribution in [3.63, 3.8) is 0 Å². The molecule has 1 unspecified atom stereocenters. The zero-order chi connectivity index (χ0) is 13.0. The summed E-state index contributed by atoms with van der Waals surface area (Å²) in [7, 11) is 3.38. The Hall–Kier alpha value is -1.37. The molecule has 0 aromatic carbocycles. The van der Waals surface area contributed by atoms with Crippen LogP contribution in [0.2, 0.25) is 0 Å². The zero-order valence-corrected chi connectivity index (χ0v) is 11.5. The van der Waals surface area contributed by atoms with E-state index in [1.807, 2.05) is 6.92 Å². The minimum atomic E-state index is -0.241. The lowest BCUT2D eigenvalue weighted by molar-refractivity contribution is -0.123. The van der Waals surface area contributed by atoms with Crippen LogP contribution in [0.4, 0.5) is 5.82 Å². The van der Waals surface area contributed by atoms with Gasteiger partial charge in [-0.15, -0.1) is 0 Å². The second-order valence-electron chi connectivity index (χ2n) is 3.77. The molecule has 1 aromatic heterocycles. The Morgan fingerprint density at radius 2 is 2.35 bits per heavy atom. The highest BCUT2D eigenvalue weighted by Crippen LogP contribution is 2.18. The molecule has 0 aliphatic heterocycles. The highest BCUT2D eigenvalue weighted by atomic mass is 79.9. The Kier molecular flexibility index (Phi) is 4.68. The smallest absolute Gasteiger partial charge is 0.267 e. The average molecular weight is 303 g/mol. The summed E-state index contributed by atoms with van der Waals surface area (Å²) < 4.78 is 0.367. The van der Waals surface area contributed by atoms with E-state index in [0.29, 0.717) is 16.8 Å². The largest absolute Gasteiger partial charge is 0.359 e. The van der Waals surface area contributed by atoms with Gasteiger partial charge in [-0.3, -0.25) is 9.59 Å². The molecule has 1 amide bonds. The van der Waals surface area contributed by atoms with Crippen molar-refractivity contribution in [2.24, 2.45) is 5.92 Å². The lowest BCUT2D eigenvalue weighted by Crippen LogP contribution is -2.35. The molecule has 2 N–H and O–H groups in total. The SMILES string of the molecule is CNC(=O)C(C)CN(C)c1nc[nH]c(=O)c1Br. The molecule has 6 nitrogen and oxygen atoms in total. The van der Waals surface area contributed by atoms with Crippen molar-refractivity contribution in [1.82, 2.24) is 15.3 Å². The maximum Gasteiger partial charge on any atom is 0.267 e. The Labute approximate surface area is 108 Å². The van der Waals surface area contributed by atoms with Gasteiger partial charge in [0.2, 0.25) is 5.91 Å². The van der Waals surface area contributed by atoms with E-state index in [0.717, 1.165) is 0 Å². The summed E-state index contributed by atoms with van der Waals surface area (Å²) in [6, 6.07) is 0. The molecular weight excluding hydrogens is 288 g/mol. The third-order valence-electron chi connectivity index (χ3n) is 2.38. The fourth-order valence-corrected chi connectivity index (χ4v) is 1.99. The van der Waals surface area contributed by atoms with Gasteiger partial charge in [0.25, 0.3) is 5.56 Å². The lowest BCUT2D eigenvalue weighted by Gasteiger charge is -2.22. The summed E-state index contributed by atoms with van der Waals surface area (Å²) in [6.07, 6.45) is 1.34. The van der Waals surface area contributed by atoms with Crippen molar-refractivity contribution in [3.05, 3.63) is 21.2 Å². The van der Waals surface area contributed by atoms with Crippen molar-refractivity contribution in [3.8, 4) is 0 Å². The Balaban J connectivity index is 2.83. The number of aromatic nitrogens is 2. The topological polar surface area (TPSA) is 78.1 Å². The van der Waals surface area contributed by atoms with Crippen LogP contribution in [-0.2, 0) is 4.79 Å². The van der Waals surface area contributed by atoms with Gasteiger partial charge in [-0.1, -0.05) is 6.92 Å². The van der Waals surface area contributed by atoms with Gasteiger partial charge in [-0.2, -0.15) is 0 Å². The first-order valence-electron chi connectivity index (χ1n) is 5.13. The van der Waals surface area contributed by atoms with Crippen molar-refractivity contribution < 1.29 is 4.79 Å². The summed E-state index contributed by atoms with van der Waals surface area (Å²) in [5, 5.41) is 2.58. The highest BCUT2D eigenvalue weighted by Gasteiger charge is 2.17. The van der Waals surface area contributed by atoms with Crippen molar-refractivity contribution in [2.75, 3.05) is 25.5 Å². The molecule has 0 fully saturated rings. The third kappa shape index (κ3) is 3.29. The van der Waals surface area contributed by atoms with E-state index in [-0.39, 0.29) is 17.4 Å². The maximum absolute atomic E-state index is 11.4. The van der Waals surface area contributed by atoms with E-state index < -0.39 is 0 Å². The van der Waals surface area contributed by atoms with E-state index >= 15 is 0 Å². The fourth-order valence-electron chi connectivity index (χ4n) is 1.47. The molecule has 0 radical (unpaired) electrons. The van der Waals surface area contributed by atoms with E-state index in [2.05, 4.69) is 31.2 Å². The van der Waals surface area contributed by atoms with Crippen LogP contribution >= 0.6 is 15.9 Å². The Bertz CT molecular complexity index is 460. The molecule has 17 heavy (non-hydrogen) atoms. The minimum absolute atomic E-state index is 0.0437. The number of nitrogens with one attached hydrogen (secondary N) is 2. The van der Waals surface area contributed by atoms with E-state index in [1.54, 1.807) is 19.0 Å². The molecule has 0 saturated heterocycles. The van der Waals surface area contributed by atoms with Crippen LogP contribution in [0, 0.1) is 5.92 Å². The summed E-state index contributed by atoms with van der Waals surface area (Å²) in [6.45, 7) is 2.30. The van der Waals surface area contributed by atoms with Crippen LogP contribution < -0.4 is 15.8 Å². The third-order valence-corrected chi connectivity index (χ3v) is 3.10. The van der Waals surface area contributed by atoms with Crippen LogP contribution in [0.15, 0.2) is 15.6 Å². The van der Waals surface area contributed by atoms with Crippen LogP contribution in [0.1, 0.15) is 6.92 Å². The Morgan fingerprint density at radius 3 is 2.94 bits per heavy atom.